The molecule has 0 spiro atoms. The SMILES string of the molecule is O=C1CC(CS(=O)(=O)F)CN1Cc1ccncc1. The Balaban J connectivity index is 1.98. The minimum absolute atomic E-state index is 0.0915. The van der Waals surface area contributed by atoms with Gasteiger partial charge in [-0.15, -0.1) is 3.89 Å². The molecule has 5 nitrogen and oxygen atoms in total. The molecule has 1 saturated heterocycles. The summed E-state index contributed by atoms with van der Waals surface area (Å²) in [6, 6.07) is 3.57. The first-order valence-corrected chi connectivity index (χ1v) is 7.08. The van der Waals surface area contributed by atoms with Crippen LogP contribution in [0.2, 0.25) is 0 Å². The van der Waals surface area contributed by atoms with Gasteiger partial charge in [-0.3, -0.25) is 9.78 Å². The van der Waals surface area contributed by atoms with Crippen LogP contribution in [-0.2, 0) is 21.6 Å². The van der Waals surface area contributed by atoms with Gasteiger partial charge in [-0.1, -0.05) is 0 Å². The summed E-state index contributed by atoms with van der Waals surface area (Å²) >= 11 is 0. The van der Waals surface area contributed by atoms with Crippen molar-refractivity contribution in [2.24, 2.45) is 5.92 Å². The summed E-state index contributed by atoms with van der Waals surface area (Å²) in [6.07, 6.45) is 3.34. The summed E-state index contributed by atoms with van der Waals surface area (Å²) in [6.45, 7) is 0.689. The second kappa shape index (κ2) is 5.01. The Kier molecular flexibility index (Phi) is 3.60. The fourth-order valence-electron chi connectivity index (χ4n) is 2.11. The van der Waals surface area contributed by atoms with Crippen molar-refractivity contribution >= 4 is 16.1 Å². The van der Waals surface area contributed by atoms with Crippen LogP contribution in [0.15, 0.2) is 24.5 Å². The summed E-state index contributed by atoms with van der Waals surface area (Å²) in [4.78, 5) is 17.1. The molecule has 1 atom stereocenters. The number of amides is 1. The minimum atomic E-state index is -4.52. The molecule has 1 aromatic rings. The first-order valence-electron chi connectivity index (χ1n) is 5.53. The van der Waals surface area contributed by atoms with E-state index >= 15 is 0 Å². The van der Waals surface area contributed by atoms with Crippen LogP contribution in [0, 0.1) is 5.92 Å². The van der Waals surface area contributed by atoms with Crippen molar-refractivity contribution < 1.29 is 17.1 Å². The lowest BCUT2D eigenvalue weighted by Crippen LogP contribution is -2.25. The van der Waals surface area contributed by atoms with Crippen LogP contribution in [-0.4, -0.2) is 36.5 Å². The lowest BCUT2D eigenvalue weighted by Gasteiger charge is -2.16. The van der Waals surface area contributed by atoms with Crippen LogP contribution in [0.4, 0.5) is 3.89 Å². The molecule has 0 radical (unpaired) electrons. The molecular weight excluding hydrogens is 259 g/mol. The number of hydrogen-bond acceptors (Lipinski definition) is 4. The lowest BCUT2D eigenvalue weighted by atomic mass is 10.1. The third kappa shape index (κ3) is 3.49. The fourth-order valence-corrected chi connectivity index (χ4v) is 2.89. The van der Waals surface area contributed by atoms with Gasteiger partial charge in [-0.05, 0) is 17.7 Å². The number of halogens is 1. The van der Waals surface area contributed by atoms with E-state index in [-0.39, 0.29) is 18.9 Å². The Morgan fingerprint density at radius 2 is 2.06 bits per heavy atom. The summed E-state index contributed by atoms with van der Waals surface area (Å²) in [5.74, 6) is -1.17. The zero-order chi connectivity index (χ0) is 13.2. The maximum absolute atomic E-state index is 12.6. The van der Waals surface area contributed by atoms with Gasteiger partial charge < -0.3 is 4.90 Å². The van der Waals surface area contributed by atoms with Crippen molar-refractivity contribution in [3.8, 4) is 0 Å². The van der Waals surface area contributed by atoms with Crippen molar-refractivity contribution in [2.75, 3.05) is 12.3 Å². The van der Waals surface area contributed by atoms with Gasteiger partial charge in [0.05, 0.1) is 5.75 Å². The van der Waals surface area contributed by atoms with Gasteiger partial charge >= 0.3 is 10.2 Å². The van der Waals surface area contributed by atoms with E-state index in [1.807, 2.05) is 0 Å². The minimum Gasteiger partial charge on any atom is -0.338 e. The van der Waals surface area contributed by atoms with Crippen LogP contribution in [0.5, 0.6) is 0 Å². The van der Waals surface area contributed by atoms with E-state index < -0.39 is 21.9 Å². The van der Waals surface area contributed by atoms with E-state index in [2.05, 4.69) is 4.98 Å². The van der Waals surface area contributed by atoms with Crippen molar-refractivity contribution in [2.45, 2.75) is 13.0 Å². The van der Waals surface area contributed by atoms with E-state index in [9.17, 15) is 17.1 Å². The lowest BCUT2D eigenvalue weighted by molar-refractivity contribution is -0.128. The predicted molar refractivity (Wildman–Crippen MR) is 62.7 cm³/mol. The monoisotopic (exact) mass is 272 g/mol. The smallest absolute Gasteiger partial charge is 0.302 e. The number of aromatic nitrogens is 1. The van der Waals surface area contributed by atoms with E-state index in [1.54, 1.807) is 29.4 Å². The highest BCUT2D eigenvalue weighted by atomic mass is 32.3. The molecule has 0 saturated carbocycles. The van der Waals surface area contributed by atoms with Crippen LogP contribution < -0.4 is 0 Å². The maximum Gasteiger partial charge on any atom is 0.302 e. The molecule has 1 aliphatic heterocycles. The average Bonchev–Trinajstić information content (AvgIpc) is 2.58. The third-order valence-corrected chi connectivity index (χ3v) is 3.72. The zero-order valence-electron chi connectivity index (χ0n) is 9.62. The molecule has 2 heterocycles. The molecule has 98 valence electrons. The van der Waals surface area contributed by atoms with Gasteiger partial charge in [0.15, 0.2) is 0 Å². The Morgan fingerprint density at radius 3 is 2.67 bits per heavy atom. The summed E-state index contributed by atoms with van der Waals surface area (Å²) < 4.78 is 33.7. The molecule has 7 heteroatoms. The first kappa shape index (κ1) is 12.9. The average molecular weight is 272 g/mol. The quantitative estimate of drug-likeness (QED) is 0.758. The molecule has 1 fully saturated rings. The van der Waals surface area contributed by atoms with Gasteiger partial charge in [0.2, 0.25) is 5.91 Å². The molecule has 0 aromatic carbocycles. The largest absolute Gasteiger partial charge is 0.338 e. The number of nitrogens with zero attached hydrogens (tertiary/aromatic N) is 2. The second-order valence-corrected chi connectivity index (χ2v) is 5.82. The summed E-state index contributed by atoms with van der Waals surface area (Å²) in [5.41, 5.74) is 0.919. The number of hydrogen-bond donors (Lipinski definition) is 0. The number of rotatable bonds is 4. The van der Waals surface area contributed by atoms with Crippen LogP contribution in [0.25, 0.3) is 0 Å². The molecular formula is C11H13FN2O3S. The van der Waals surface area contributed by atoms with E-state index in [0.717, 1.165) is 5.56 Å². The Hall–Kier alpha value is -1.50. The molecule has 1 amide bonds. The fraction of sp³-hybridized carbons (Fsp3) is 0.455. The normalized spacial score (nSPS) is 20.4. The zero-order valence-corrected chi connectivity index (χ0v) is 10.4. The van der Waals surface area contributed by atoms with Crippen molar-refractivity contribution in [1.29, 1.82) is 0 Å². The molecule has 0 bridgehead atoms. The molecule has 2 rings (SSSR count). The van der Waals surface area contributed by atoms with E-state index in [0.29, 0.717) is 6.54 Å². The standard InChI is InChI=1S/C11H13FN2O3S/c12-18(16,17)8-10-5-11(15)14(7-10)6-9-1-3-13-4-2-9/h1-4,10H,5-8H2. The summed E-state index contributed by atoms with van der Waals surface area (Å²) in [5, 5.41) is 0. The number of carbonyl (C=O) groups excluding carboxylic acids is 1. The molecule has 0 N–H and O–H groups in total. The Bertz CT molecular complexity index is 532. The van der Waals surface area contributed by atoms with Crippen molar-refractivity contribution in [3.63, 3.8) is 0 Å². The van der Waals surface area contributed by atoms with Crippen LogP contribution in [0.1, 0.15) is 12.0 Å². The van der Waals surface area contributed by atoms with Gasteiger partial charge in [0, 0.05) is 37.8 Å². The number of pyridine rings is 1. The van der Waals surface area contributed by atoms with Gasteiger partial charge in [0.25, 0.3) is 0 Å². The molecule has 1 unspecified atom stereocenters. The van der Waals surface area contributed by atoms with Crippen molar-refractivity contribution in [1.82, 2.24) is 9.88 Å². The maximum atomic E-state index is 12.6. The predicted octanol–water partition coefficient (Wildman–Crippen LogP) is 0.729. The highest BCUT2D eigenvalue weighted by molar-refractivity contribution is 7.86. The topological polar surface area (TPSA) is 67.3 Å². The molecule has 1 aromatic heterocycles. The summed E-state index contributed by atoms with van der Waals surface area (Å²) in [7, 11) is -4.52. The van der Waals surface area contributed by atoms with Crippen molar-refractivity contribution in [3.05, 3.63) is 30.1 Å². The molecule has 1 aliphatic rings. The highest BCUT2D eigenvalue weighted by Crippen LogP contribution is 2.21. The van der Waals surface area contributed by atoms with Gasteiger partial charge in [-0.25, -0.2) is 0 Å². The van der Waals surface area contributed by atoms with E-state index in [1.165, 1.54) is 0 Å². The Labute approximate surface area is 105 Å². The first-order chi connectivity index (χ1) is 8.44. The van der Waals surface area contributed by atoms with E-state index in [4.69, 9.17) is 0 Å². The Morgan fingerprint density at radius 1 is 1.39 bits per heavy atom. The highest BCUT2D eigenvalue weighted by Gasteiger charge is 2.32. The van der Waals surface area contributed by atoms with Crippen LogP contribution in [0.3, 0.4) is 0 Å². The number of carbonyl (C=O) groups is 1. The van der Waals surface area contributed by atoms with Gasteiger partial charge in [0.1, 0.15) is 0 Å². The third-order valence-electron chi connectivity index (χ3n) is 2.85. The van der Waals surface area contributed by atoms with Gasteiger partial charge in [-0.2, -0.15) is 8.42 Å². The molecule has 18 heavy (non-hydrogen) atoms. The molecule has 0 aliphatic carbocycles. The number of likely N-dealkylation sites (tertiary alicyclic amines) is 1. The second-order valence-electron chi connectivity index (χ2n) is 4.41. The van der Waals surface area contributed by atoms with Crippen LogP contribution >= 0.6 is 0 Å².